The van der Waals surface area contributed by atoms with Gasteiger partial charge in [-0.3, -0.25) is 9.59 Å². The van der Waals surface area contributed by atoms with Crippen molar-refractivity contribution < 1.29 is 24.6 Å². The van der Waals surface area contributed by atoms with E-state index in [9.17, 15) is 14.4 Å². The van der Waals surface area contributed by atoms with Crippen molar-refractivity contribution in [3.63, 3.8) is 0 Å². The van der Waals surface area contributed by atoms with Gasteiger partial charge in [0, 0.05) is 16.5 Å². The number of hydrogen-bond donors (Lipinski definition) is 3. The number of aryl methyl sites for hydroxylation is 1. The van der Waals surface area contributed by atoms with Crippen LogP contribution in [0.2, 0.25) is 10.0 Å². The lowest BCUT2D eigenvalue weighted by molar-refractivity contribution is -0.147. The van der Waals surface area contributed by atoms with Gasteiger partial charge in [0.25, 0.3) is 0 Å². The van der Waals surface area contributed by atoms with Crippen molar-refractivity contribution in [2.24, 2.45) is 0 Å². The molecule has 1 rings (SSSR count). The minimum Gasteiger partial charge on any atom is -0.481 e. The minimum atomic E-state index is -1.45. The van der Waals surface area contributed by atoms with Gasteiger partial charge in [0.05, 0.1) is 6.42 Å². The zero-order chi connectivity index (χ0) is 16.0. The van der Waals surface area contributed by atoms with E-state index in [-0.39, 0.29) is 6.42 Å². The number of carboxylic acids is 2. The number of nitrogens with one attached hydrogen (secondary N) is 1. The van der Waals surface area contributed by atoms with E-state index >= 15 is 0 Å². The van der Waals surface area contributed by atoms with Crippen molar-refractivity contribution >= 4 is 41.0 Å². The van der Waals surface area contributed by atoms with E-state index in [4.69, 9.17) is 33.4 Å². The fourth-order valence-corrected chi connectivity index (χ4v) is 2.12. The zero-order valence-corrected chi connectivity index (χ0v) is 12.3. The molecule has 0 spiro atoms. The van der Waals surface area contributed by atoms with Gasteiger partial charge in [0.15, 0.2) is 0 Å². The van der Waals surface area contributed by atoms with Gasteiger partial charge in [0.2, 0.25) is 5.91 Å². The maximum atomic E-state index is 11.7. The number of carboxylic acid groups (broad SMARTS) is 2. The summed E-state index contributed by atoms with van der Waals surface area (Å²) in [6.45, 7) is 0. The molecular weight excluding hydrogens is 321 g/mol. The largest absolute Gasteiger partial charge is 0.481 e. The zero-order valence-electron chi connectivity index (χ0n) is 10.8. The first kappa shape index (κ1) is 17.3. The number of rotatable bonds is 7. The number of hydrogen-bond acceptors (Lipinski definition) is 3. The first-order valence-electron chi connectivity index (χ1n) is 5.97. The van der Waals surface area contributed by atoms with Crippen LogP contribution in [-0.4, -0.2) is 34.1 Å². The normalized spacial score (nSPS) is 11.7. The van der Waals surface area contributed by atoms with Crippen LogP contribution in [0.3, 0.4) is 0 Å². The van der Waals surface area contributed by atoms with Gasteiger partial charge in [-0.05, 0) is 24.1 Å². The van der Waals surface area contributed by atoms with Crippen molar-refractivity contribution in [1.82, 2.24) is 5.32 Å². The van der Waals surface area contributed by atoms with Crippen LogP contribution in [-0.2, 0) is 20.8 Å². The lowest BCUT2D eigenvalue weighted by Crippen LogP contribution is -2.42. The molecule has 1 aromatic carbocycles. The van der Waals surface area contributed by atoms with Crippen LogP contribution in [0.25, 0.3) is 0 Å². The topological polar surface area (TPSA) is 104 Å². The molecule has 0 aliphatic carbocycles. The average Bonchev–Trinajstić information content (AvgIpc) is 2.36. The third-order valence-electron chi connectivity index (χ3n) is 2.65. The maximum absolute atomic E-state index is 11.7. The number of carbonyl (C=O) groups excluding carboxylic acids is 1. The summed E-state index contributed by atoms with van der Waals surface area (Å²) in [6.07, 6.45) is -0.394. The molecule has 0 aliphatic heterocycles. The second-order valence-corrected chi connectivity index (χ2v) is 5.14. The molecule has 3 N–H and O–H groups in total. The van der Waals surface area contributed by atoms with Gasteiger partial charge in [-0.15, -0.1) is 0 Å². The van der Waals surface area contributed by atoms with E-state index in [0.29, 0.717) is 22.0 Å². The Morgan fingerprint density at radius 1 is 1.19 bits per heavy atom. The molecule has 21 heavy (non-hydrogen) atoms. The van der Waals surface area contributed by atoms with Crippen LogP contribution < -0.4 is 5.32 Å². The van der Waals surface area contributed by atoms with Crippen molar-refractivity contribution in [1.29, 1.82) is 0 Å². The van der Waals surface area contributed by atoms with Gasteiger partial charge >= 0.3 is 11.9 Å². The molecular formula is C13H13Cl2NO5. The van der Waals surface area contributed by atoms with Crippen LogP contribution in [0.5, 0.6) is 0 Å². The smallest absolute Gasteiger partial charge is 0.326 e. The quantitative estimate of drug-likeness (QED) is 0.707. The van der Waals surface area contributed by atoms with Crippen molar-refractivity contribution in [2.45, 2.75) is 25.3 Å². The number of benzene rings is 1. The fraction of sp³-hybridized carbons (Fsp3) is 0.308. The number of amides is 1. The van der Waals surface area contributed by atoms with E-state index in [0.717, 1.165) is 0 Å². The first-order valence-corrected chi connectivity index (χ1v) is 6.73. The second kappa shape index (κ2) is 7.85. The van der Waals surface area contributed by atoms with Crippen LogP contribution in [0.4, 0.5) is 0 Å². The summed E-state index contributed by atoms with van der Waals surface area (Å²) >= 11 is 11.7. The van der Waals surface area contributed by atoms with Gasteiger partial charge in [0.1, 0.15) is 6.04 Å². The van der Waals surface area contributed by atoms with E-state index < -0.39 is 30.3 Å². The monoisotopic (exact) mass is 333 g/mol. The molecule has 0 bridgehead atoms. The molecule has 0 saturated heterocycles. The fourth-order valence-electron chi connectivity index (χ4n) is 1.61. The highest BCUT2D eigenvalue weighted by Crippen LogP contribution is 2.22. The predicted octanol–water partition coefficient (Wildman–Crippen LogP) is 1.97. The van der Waals surface area contributed by atoms with Crippen molar-refractivity contribution in [3.8, 4) is 0 Å². The molecule has 6 nitrogen and oxygen atoms in total. The number of carbonyl (C=O) groups is 3. The lowest BCUT2D eigenvalue weighted by Gasteiger charge is -2.12. The minimum absolute atomic E-state index is 0.00918. The summed E-state index contributed by atoms with van der Waals surface area (Å²) in [5.41, 5.74) is 0.696. The van der Waals surface area contributed by atoms with E-state index in [1.165, 1.54) is 0 Å². The van der Waals surface area contributed by atoms with Crippen LogP contribution in [0.1, 0.15) is 18.4 Å². The van der Waals surface area contributed by atoms with Crippen molar-refractivity contribution in [3.05, 3.63) is 33.8 Å². The highest BCUT2D eigenvalue weighted by molar-refractivity contribution is 6.35. The molecule has 0 aliphatic rings. The Kier molecular flexibility index (Phi) is 6.45. The van der Waals surface area contributed by atoms with E-state index in [2.05, 4.69) is 5.32 Å². The summed E-state index contributed by atoms with van der Waals surface area (Å²) in [5, 5.41) is 20.4. The summed E-state index contributed by atoms with van der Waals surface area (Å²) in [5.74, 6) is -3.26. The second-order valence-electron chi connectivity index (χ2n) is 4.29. The van der Waals surface area contributed by atoms with E-state index in [1.807, 2.05) is 0 Å². The average molecular weight is 334 g/mol. The molecule has 0 saturated carbocycles. The molecule has 114 valence electrons. The highest BCUT2D eigenvalue weighted by atomic mass is 35.5. The third kappa shape index (κ3) is 6.01. The standard InChI is InChI=1S/C13H13Cl2NO5/c14-8-3-1-7(9(15)5-8)2-4-11(17)16-10(13(20)21)6-12(18)19/h1,3,5,10H,2,4,6H2,(H,16,17)(H,18,19)(H,20,21)/t10-/m0/s1. The molecule has 1 aromatic rings. The molecule has 0 fully saturated rings. The number of aliphatic carboxylic acids is 2. The van der Waals surface area contributed by atoms with Gasteiger partial charge in [-0.2, -0.15) is 0 Å². The molecule has 0 heterocycles. The highest BCUT2D eigenvalue weighted by Gasteiger charge is 2.22. The third-order valence-corrected chi connectivity index (χ3v) is 3.24. The van der Waals surface area contributed by atoms with Crippen LogP contribution in [0, 0.1) is 0 Å². The Balaban J connectivity index is 2.56. The molecule has 1 atom stereocenters. The van der Waals surface area contributed by atoms with Crippen LogP contribution >= 0.6 is 23.2 Å². The maximum Gasteiger partial charge on any atom is 0.326 e. The predicted molar refractivity (Wildman–Crippen MR) is 76.6 cm³/mol. The Hall–Kier alpha value is -1.79. The number of halogens is 2. The molecule has 1 amide bonds. The van der Waals surface area contributed by atoms with Gasteiger partial charge < -0.3 is 15.5 Å². The lowest BCUT2D eigenvalue weighted by atomic mass is 10.1. The Morgan fingerprint density at radius 3 is 2.38 bits per heavy atom. The molecule has 0 radical (unpaired) electrons. The van der Waals surface area contributed by atoms with Gasteiger partial charge in [-0.25, -0.2) is 4.79 Å². The summed E-state index contributed by atoms with van der Waals surface area (Å²) in [4.78, 5) is 33.0. The van der Waals surface area contributed by atoms with Gasteiger partial charge in [-0.1, -0.05) is 29.3 Å². The Bertz CT molecular complexity index is 561. The summed E-state index contributed by atoms with van der Waals surface area (Å²) in [6, 6.07) is 3.39. The Morgan fingerprint density at radius 2 is 1.86 bits per heavy atom. The SMILES string of the molecule is O=C(O)C[C@H](NC(=O)CCc1ccc(Cl)cc1Cl)C(=O)O. The Labute approximate surface area is 130 Å². The molecule has 0 aromatic heterocycles. The van der Waals surface area contributed by atoms with Crippen molar-refractivity contribution in [2.75, 3.05) is 0 Å². The summed E-state index contributed by atoms with van der Waals surface area (Å²) in [7, 11) is 0. The van der Waals surface area contributed by atoms with Crippen LogP contribution in [0.15, 0.2) is 18.2 Å². The van der Waals surface area contributed by atoms with E-state index in [1.54, 1.807) is 18.2 Å². The molecule has 8 heteroatoms. The molecule has 0 unspecified atom stereocenters. The summed E-state index contributed by atoms with van der Waals surface area (Å²) < 4.78 is 0. The first-order chi connectivity index (χ1) is 9.79.